The molecule has 76 valence electrons. The second-order valence-electron chi connectivity index (χ2n) is 3.27. The average molecular weight is 263 g/mol. The summed E-state index contributed by atoms with van der Waals surface area (Å²) in [6.45, 7) is 2.07. The van der Waals surface area contributed by atoms with Gasteiger partial charge in [0.05, 0.1) is 11.4 Å². The molecular formula is C12H11BrN2. The molecule has 3 heteroatoms. The first-order valence-electron chi connectivity index (χ1n) is 4.88. The smallest absolute Gasteiger partial charge is 0.0929 e. The molecule has 2 rings (SSSR count). The largest absolute Gasteiger partial charge is 0.155 e. The maximum atomic E-state index is 4.18. The van der Waals surface area contributed by atoms with Gasteiger partial charge in [-0.15, -0.1) is 0 Å². The quantitative estimate of drug-likeness (QED) is 0.829. The van der Waals surface area contributed by atoms with Crippen LogP contribution in [0.5, 0.6) is 0 Å². The third-order valence-corrected chi connectivity index (χ3v) is 2.75. The summed E-state index contributed by atoms with van der Waals surface area (Å²) in [7, 11) is 0. The van der Waals surface area contributed by atoms with Gasteiger partial charge in [-0.05, 0) is 30.7 Å². The normalized spacial score (nSPS) is 10.3. The van der Waals surface area contributed by atoms with Crippen LogP contribution in [0.25, 0.3) is 11.3 Å². The minimum Gasteiger partial charge on any atom is -0.155 e. The van der Waals surface area contributed by atoms with E-state index < -0.39 is 0 Å². The van der Waals surface area contributed by atoms with Crippen LogP contribution in [0, 0.1) is 0 Å². The van der Waals surface area contributed by atoms with Crippen molar-refractivity contribution in [2.45, 2.75) is 13.3 Å². The van der Waals surface area contributed by atoms with Crippen LogP contribution < -0.4 is 0 Å². The summed E-state index contributed by atoms with van der Waals surface area (Å²) in [4.78, 5) is 0. The topological polar surface area (TPSA) is 25.8 Å². The Morgan fingerprint density at radius 1 is 1.00 bits per heavy atom. The molecular weight excluding hydrogens is 252 g/mol. The van der Waals surface area contributed by atoms with Crippen molar-refractivity contribution in [1.82, 2.24) is 10.2 Å². The van der Waals surface area contributed by atoms with Gasteiger partial charge in [-0.1, -0.05) is 35.0 Å². The maximum absolute atomic E-state index is 4.18. The zero-order valence-electron chi connectivity index (χ0n) is 8.44. The Balaban J connectivity index is 2.33. The first-order chi connectivity index (χ1) is 7.29. The fourth-order valence-electron chi connectivity index (χ4n) is 1.32. The predicted octanol–water partition coefficient (Wildman–Crippen LogP) is 3.47. The van der Waals surface area contributed by atoms with Crippen molar-refractivity contribution in [3.63, 3.8) is 0 Å². The molecule has 1 aromatic carbocycles. The third kappa shape index (κ3) is 2.42. The van der Waals surface area contributed by atoms with Crippen molar-refractivity contribution < 1.29 is 0 Å². The fraction of sp³-hybridized carbons (Fsp3) is 0.167. The highest BCUT2D eigenvalue weighted by molar-refractivity contribution is 9.10. The average Bonchev–Trinajstić information content (AvgIpc) is 2.30. The Bertz CT molecular complexity index is 434. The zero-order valence-corrected chi connectivity index (χ0v) is 10.0. The molecule has 2 nitrogen and oxygen atoms in total. The molecule has 0 aliphatic heterocycles. The van der Waals surface area contributed by atoms with Gasteiger partial charge in [0.2, 0.25) is 0 Å². The van der Waals surface area contributed by atoms with Crippen molar-refractivity contribution >= 4 is 15.9 Å². The van der Waals surface area contributed by atoms with E-state index in [1.807, 2.05) is 36.4 Å². The molecule has 2 aromatic rings. The van der Waals surface area contributed by atoms with Crippen LogP contribution in [0.2, 0.25) is 0 Å². The molecule has 0 fully saturated rings. The van der Waals surface area contributed by atoms with E-state index in [2.05, 4.69) is 33.1 Å². The number of halogens is 1. The Morgan fingerprint density at radius 2 is 1.73 bits per heavy atom. The van der Waals surface area contributed by atoms with Crippen molar-refractivity contribution in [3.8, 4) is 11.3 Å². The molecule has 0 aliphatic carbocycles. The summed E-state index contributed by atoms with van der Waals surface area (Å²) in [5.41, 5.74) is 3.03. The molecule has 0 spiro atoms. The van der Waals surface area contributed by atoms with Gasteiger partial charge in [-0.2, -0.15) is 10.2 Å². The van der Waals surface area contributed by atoms with Crippen molar-refractivity contribution in [3.05, 3.63) is 46.6 Å². The number of benzene rings is 1. The first kappa shape index (κ1) is 10.3. The second kappa shape index (κ2) is 4.53. The third-order valence-electron chi connectivity index (χ3n) is 2.22. The SMILES string of the molecule is CCc1ccc(-c2ccc(Br)cc2)nn1. The molecule has 0 atom stereocenters. The monoisotopic (exact) mass is 262 g/mol. The first-order valence-corrected chi connectivity index (χ1v) is 5.67. The van der Waals surface area contributed by atoms with Crippen LogP contribution in [0.15, 0.2) is 40.9 Å². The van der Waals surface area contributed by atoms with E-state index in [0.717, 1.165) is 27.8 Å². The van der Waals surface area contributed by atoms with Gasteiger partial charge in [-0.3, -0.25) is 0 Å². The van der Waals surface area contributed by atoms with Gasteiger partial charge in [0.15, 0.2) is 0 Å². The van der Waals surface area contributed by atoms with Crippen LogP contribution >= 0.6 is 15.9 Å². The van der Waals surface area contributed by atoms with Crippen molar-refractivity contribution in [1.29, 1.82) is 0 Å². The van der Waals surface area contributed by atoms with E-state index in [9.17, 15) is 0 Å². The Hall–Kier alpha value is -1.22. The Morgan fingerprint density at radius 3 is 2.27 bits per heavy atom. The van der Waals surface area contributed by atoms with E-state index in [1.165, 1.54) is 0 Å². The van der Waals surface area contributed by atoms with Gasteiger partial charge in [0.1, 0.15) is 0 Å². The highest BCUT2D eigenvalue weighted by Crippen LogP contribution is 2.19. The van der Waals surface area contributed by atoms with Crippen molar-refractivity contribution in [2.75, 3.05) is 0 Å². The minimum atomic E-state index is 0.916. The lowest BCUT2D eigenvalue weighted by Crippen LogP contribution is -1.92. The Kier molecular flexibility index (Phi) is 3.11. The molecule has 0 radical (unpaired) electrons. The van der Waals surface area contributed by atoms with E-state index in [4.69, 9.17) is 0 Å². The van der Waals surface area contributed by atoms with Gasteiger partial charge in [0.25, 0.3) is 0 Å². The summed E-state index contributed by atoms with van der Waals surface area (Å²) in [6.07, 6.45) is 0.924. The molecule has 0 aliphatic rings. The Labute approximate surface area is 97.5 Å². The van der Waals surface area contributed by atoms with Crippen LogP contribution in [0.4, 0.5) is 0 Å². The van der Waals surface area contributed by atoms with Gasteiger partial charge < -0.3 is 0 Å². The fourth-order valence-corrected chi connectivity index (χ4v) is 1.59. The molecule has 0 saturated heterocycles. The minimum absolute atomic E-state index is 0.916. The highest BCUT2D eigenvalue weighted by atomic mass is 79.9. The van der Waals surface area contributed by atoms with Crippen LogP contribution in [0.3, 0.4) is 0 Å². The summed E-state index contributed by atoms with van der Waals surface area (Å²) in [6, 6.07) is 12.1. The molecule has 0 unspecified atom stereocenters. The summed E-state index contributed by atoms with van der Waals surface area (Å²) < 4.78 is 1.07. The molecule has 0 bridgehead atoms. The van der Waals surface area contributed by atoms with E-state index >= 15 is 0 Å². The standard InChI is InChI=1S/C12H11BrN2/c1-2-11-7-8-12(15-14-11)9-3-5-10(13)6-4-9/h3-8H,2H2,1H3. The molecule has 15 heavy (non-hydrogen) atoms. The molecule has 0 amide bonds. The number of hydrogen-bond donors (Lipinski definition) is 0. The van der Waals surface area contributed by atoms with E-state index in [1.54, 1.807) is 0 Å². The summed E-state index contributed by atoms with van der Waals surface area (Å²) >= 11 is 3.40. The molecule has 0 saturated carbocycles. The van der Waals surface area contributed by atoms with E-state index in [-0.39, 0.29) is 0 Å². The zero-order chi connectivity index (χ0) is 10.7. The highest BCUT2D eigenvalue weighted by Gasteiger charge is 1.99. The maximum Gasteiger partial charge on any atom is 0.0929 e. The lowest BCUT2D eigenvalue weighted by Gasteiger charge is -2.00. The van der Waals surface area contributed by atoms with Crippen molar-refractivity contribution in [2.24, 2.45) is 0 Å². The predicted molar refractivity (Wildman–Crippen MR) is 64.5 cm³/mol. The lowest BCUT2D eigenvalue weighted by atomic mass is 10.1. The number of rotatable bonds is 2. The number of hydrogen-bond acceptors (Lipinski definition) is 2. The number of nitrogens with zero attached hydrogens (tertiary/aromatic N) is 2. The number of aromatic nitrogens is 2. The van der Waals surface area contributed by atoms with Gasteiger partial charge in [0, 0.05) is 10.0 Å². The van der Waals surface area contributed by atoms with Gasteiger partial charge >= 0.3 is 0 Å². The summed E-state index contributed by atoms with van der Waals surface area (Å²) in [5, 5.41) is 8.32. The van der Waals surface area contributed by atoms with Crippen LogP contribution in [-0.4, -0.2) is 10.2 Å². The van der Waals surface area contributed by atoms with Gasteiger partial charge in [-0.25, -0.2) is 0 Å². The van der Waals surface area contributed by atoms with E-state index in [0.29, 0.717) is 0 Å². The lowest BCUT2D eigenvalue weighted by molar-refractivity contribution is 0.924. The van der Waals surface area contributed by atoms with Crippen LogP contribution in [-0.2, 0) is 6.42 Å². The number of aryl methyl sites for hydroxylation is 1. The second-order valence-corrected chi connectivity index (χ2v) is 4.19. The molecule has 0 N–H and O–H groups in total. The summed E-state index contributed by atoms with van der Waals surface area (Å²) in [5.74, 6) is 0. The van der Waals surface area contributed by atoms with Crippen LogP contribution in [0.1, 0.15) is 12.6 Å². The molecule has 1 heterocycles. The molecule has 1 aromatic heterocycles.